The Balaban J connectivity index is 2.37. The third-order valence-corrected chi connectivity index (χ3v) is 4.12. The van der Waals surface area contributed by atoms with Gasteiger partial charge in [0.05, 0.1) is 22.8 Å². The number of nitriles is 1. The second kappa shape index (κ2) is 5.72. The molecule has 5 heteroatoms. The molecule has 3 nitrogen and oxygen atoms in total. The van der Waals surface area contributed by atoms with E-state index in [2.05, 4.69) is 16.0 Å². The van der Waals surface area contributed by atoms with Crippen molar-refractivity contribution in [2.24, 2.45) is 0 Å². The maximum atomic E-state index is 9.12. The van der Waals surface area contributed by atoms with Gasteiger partial charge in [0.2, 0.25) is 5.28 Å². The highest BCUT2D eigenvalue weighted by atomic mass is 35.5. The highest BCUT2D eigenvalue weighted by Crippen LogP contribution is 2.34. The van der Waals surface area contributed by atoms with Crippen molar-refractivity contribution in [1.29, 1.82) is 5.26 Å². The fourth-order valence-corrected chi connectivity index (χ4v) is 2.97. The molecule has 0 unspecified atom stereocenters. The largest absolute Gasteiger partial charge is 0.223 e. The lowest BCUT2D eigenvalue weighted by molar-refractivity contribution is 1.21. The number of rotatable bonds is 2. The maximum absolute atomic E-state index is 9.12. The molecular formula is C16H10ClN3S. The number of halogens is 1. The Morgan fingerprint density at radius 1 is 1.14 bits per heavy atom. The van der Waals surface area contributed by atoms with Crippen LogP contribution in [0, 0.1) is 11.3 Å². The molecule has 0 aliphatic rings. The van der Waals surface area contributed by atoms with Gasteiger partial charge in [0, 0.05) is 15.8 Å². The van der Waals surface area contributed by atoms with Gasteiger partial charge >= 0.3 is 0 Å². The van der Waals surface area contributed by atoms with Crippen molar-refractivity contribution in [3.8, 4) is 17.3 Å². The molecule has 21 heavy (non-hydrogen) atoms. The minimum Gasteiger partial charge on any atom is -0.218 e. The third kappa shape index (κ3) is 2.58. The number of aromatic nitrogens is 2. The van der Waals surface area contributed by atoms with Crippen LogP contribution in [0.15, 0.2) is 47.4 Å². The van der Waals surface area contributed by atoms with Crippen LogP contribution in [0.4, 0.5) is 0 Å². The van der Waals surface area contributed by atoms with Gasteiger partial charge in [-0.15, -0.1) is 11.8 Å². The van der Waals surface area contributed by atoms with Crippen molar-refractivity contribution in [3.63, 3.8) is 0 Å². The van der Waals surface area contributed by atoms with Gasteiger partial charge < -0.3 is 0 Å². The molecular weight excluding hydrogens is 302 g/mol. The smallest absolute Gasteiger partial charge is 0.218 e. The van der Waals surface area contributed by atoms with E-state index < -0.39 is 0 Å². The van der Waals surface area contributed by atoms with Crippen LogP contribution >= 0.6 is 23.4 Å². The SMILES string of the molecule is CSc1ccc(C#N)cc1-c1nc(Cl)nc2ccccc12. The molecule has 0 fully saturated rings. The van der Waals surface area contributed by atoms with Crippen molar-refractivity contribution in [2.45, 2.75) is 4.90 Å². The summed E-state index contributed by atoms with van der Waals surface area (Å²) in [4.78, 5) is 9.68. The Morgan fingerprint density at radius 3 is 2.71 bits per heavy atom. The molecule has 0 saturated heterocycles. The molecule has 0 aliphatic carbocycles. The molecule has 2 aromatic carbocycles. The lowest BCUT2D eigenvalue weighted by atomic mass is 10.0. The zero-order valence-electron chi connectivity index (χ0n) is 11.2. The van der Waals surface area contributed by atoms with Crippen LogP contribution in [0.5, 0.6) is 0 Å². The minimum atomic E-state index is 0.207. The maximum Gasteiger partial charge on any atom is 0.223 e. The number of thioether (sulfide) groups is 1. The molecule has 0 aliphatic heterocycles. The summed E-state index contributed by atoms with van der Waals surface area (Å²) in [6, 6.07) is 15.5. The Labute approximate surface area is 131 Å². The van der Waals surface area contributed by atoms with E-state index in [0.29, 0.717) is 5.56 Å². The van der Waals surface area contributed by atoms with Crippen LogP contribution in [-0.2, 0) is 0 Å². The molecule has 0 radical (unpaired) electrons. The third-order valence-electron chi connectivity index (χ3n) is 3.16. The number of benzene rings is 2. The summed E-state index contributed by atoms with van der Waals surface area (Å²) in [5.41, 5.74) is 3.05. The van der Waals surface area contributed by atoms with Crippen LogP contribution in [0.2, 0.25) is 5.28 Å². The number of hydrogen-bond acceptors (Lipinski definition) is 4. The molecule has 3 aromatic rings. The molecule has 1 aromatic heterocycles. The highest BCUT2D eigenvalue weighted by Gasteiger charge is 2.13. The van der Waals surface area contributed by atoms with E-state index >= 15 is 0 Å². The minimum absolute atomic E-state index is 0.207. The summed E-state index contributed by atoms with van der Waals surface area (Å²) < 4.78 is 0. The van der Waals surface area contributed by atoms with Crippen LogP contribution in [0.1, 0.15) is 5.56 Å². The first-order chi connectivity index (χ1) is 10.2. The zero-order valence-corrected chi connectivity index (χ0v) is 12.7. The summed E-state index contributed by atoms with van der Waals surface area (Å²) >= 11 is 7.66. The second-order valence-corrected chi connectivity index (χ2v) is 5.57. The lowest BCUT2D eigenvalue weighted by Gasteiger charge is -2.10. The average Bonchev–Trinajstić information content (AvgIpc) is 2.53. The average molecular weight is 312 g/mol. The zero-order chi connectivity index (χ0) is 14.8. The molecule has 102 valence electrons. The summed E-state index contributed by atoms with van der Waals surface area (Å²) in [7, 11) is 0. The molecule has 0 spiro atoms. The van der Waals surface area contributed by atoms with Crippen molar-refractivity contribution in [1.82, 2.24) is 9.97 Å². The molecule has 1 heterocycles. The van der Waals surface area contributed by atoms with E-state index in [0.717, 1.165) is 27.1 Å². The van der Waals surface area contributed by atoms with Crippen molar-refractivity contribution >= 4 is 34.3 Å². The predicted octanol–water partition coefficient (Wildman–Crippen LogP) is 4.54. The Bertz CT molecular complexity index is 871. The van der Waals surface area contributed by atoms with Crippen molar-refractivity contribution in [3.05, 3.63) is 53.3 Å². The van der Waals surface area contributed by atoms with Gasteiger partial charge in [-0.25, -0.2) is 9.97 Å². The number of hydrogen-bond donors (Lipinski definition) is 0. The summed E-state index contributed by atoms with van der Waals surface area (Å²) in [6.45, 7) is 0. The number of para-hydroxylation sites is 1. The Hall–Kier alpha value is -2.09. The molecule has 0 atom stereocenters. The van der Waals surface area contributed by atoms with Crippen molar-refractivity contribution < 1.29 is 0 Å². The topological polar surface area (TPSA) is 49.6 Å². The van der Waals surface area contributed by atoms with E-state index in [1.807, 2.05) is 42.7 Å². The molecule has 0 N–H and O–H groups in total. The first kappa shape index (κ1) is 13.9. The highest BCUT2D eigenvalue weighted by molar-refractivity contribution is 7.98. The Kier molecular flexibility index (Phi) is 3.78. The van der Waals surface area contributed by atoms with Gasteiger partial charge in [0.15, 0.2) is 0 Å². The van der Waals surface area contributed by atoms with Gasteiger partial charge in [0.1, 0.15) is 0 Å². The van der Waals surface area contributed by atoms with E-state index in [1.54, 1.807) is 17.8 Å². The first-order valence-corrected chi connectivity index (χ1v) is 7.84. The molecule has 0 saturated carbocycles. The fourth-order valence-electron chi connectivity index (χ4n) is 2.22. The number of nitrogens with zero attached hydrogens (tertiary/aromatic N) is 3. The van der Waals surface area contributed by atoms with E-state index in [4.69, 9.17) is 16.9 Å². The monoisotopic (exact) mass is 311 g/mol. The van der Waals surface area contributed by atoms with Gasteiger partial charge in [-0.05, 0) is 42.1 Å². The van der Waals surface area contributed by atoms with Crippen LogP contribution in [-0.4, -0.2) is 16.2 Å². The normalized spacial score (nSPS) is 10.5. The Morgan fingerprint density at radius 2 is 1.95 bits per heavy atom. The van der Waals surface area contributed by atoms with Gasteiger partial charge in [-0.2, -0.15) is 5.26 Å². The van der Waals surface area contributed by atoms with E-state index in [-0.39, 0.29) is 5.28 Å². The fraction of sp³-hybridized carbons (Fsp3) is 0.0625. The molecule has 0 bridgehead atoms. The van der Waals surface area contributed by atoms with Gasteiger partial charge in [0.25, 0.3) is 0 Å². The summed E-state index contributed by atoms with van der Waals surface area (Å²) in [5, 5.41) is 10.3. The summed E-state index contributed by atoms with van der Waals surface area (Å²) in [5.74, 6) is 0. The standard InChI is InChI=1S/C16H10ClN3S/c1-21-14-7-6-10(9-18)8-12(14)15-11-4-2-3-5-13(11)19-16(17)20-15/h2-8H,1H3. The van der Waals surface area contributed by atoms with E-state index in [9.17, 15) is 0 Å². The molecule has 3 rings (SSSR count). The van der Waals surface area contributed by atoms with Crippen molar-refractivity contribution in [2.75, 3.05) is 6.26 Å². The van der Waals surface area contributed by atoms with Crippen LogP contribution in [0.25, 0.3) is 22.2 Å². The predicted molar refractivity (Wildman–Crippen MR) is 86.5 cm³/mol. The number of fused-ring (bicyclic) bond motifs is 1. The quantitative estimate of drug-likeness (QED) is 0.515. The van der Waals surface area contributed by atoms with Crippen LogP contribution < -0.4 is 0 Å². The van der Waals surface area contributed by atoms with Gasteiger partial charge in [-0.3, -0.25) is 0 Å². The lowest BCUT2D eigenvalue weighted by Crippen LogP contribution is -1.93. The van der Waals surface area contributed by atoms with Crippen LogP contribution in [0.3, 0.4) is 0 Å². The van der Waals surface area contributed by atoms with Gasteiger partial charge in [-0.1, -0.05) is 18.2 Å². The van der Waals surface area contributed by atoms with E-state index in [1.165, 1.54) is 0 Å². The molecule has 0 amide bonds. The summed E-state index contributed by atoms with van der Waals surface area (Å²) in [6.07, 6.45) is 2.00. The first-order valence-electron chi connectivity index (χ1n) is 6.23. The second-order valence-electron chi connectivity index (χ2n) is 4.39.